The lowest BCUT2D eigenvalue weighted by atomic mass is 10.0. The fraction of sp³-hybridized carbons (Fsp3) is 0.333. The van der Waals surface area contributed by atoms with Gasteiger partial charge in [0, 0.05) is 30.8 Å². The molecule has 2 atom stereocenters. The minimum absolute atomic E-state index is 0.0542. The van der Waals surface area contributed by atoms with E-state index in [9.17, 15) is 13.9 Å². The fourth-order valence-electron chi connectivity index (χ4n) is 2.50. The molecule has 23 heavy (non-hydrogen) atoms. The van der Waals surface area contributed by atoms with Crippen molar-refractivity contribution in [3.05, 3.63) is 71.3 Å². The minimum Gasteiger partial charge on any atom is -0.396 e. The van der Waals surface area contributed by atoms with Gasteiger partial charge >= 0.3 is 0 Å². The van der Waals surface area contributed by atoms with Crippen LogP contribution < -0.4 is 5.32 Å². The summed E-state index contributed by atoms with van der Waals surface area (Å²) < 4.78 is 26.6. The predicted molar refractivity (Wildman–Crippen MR) is 84.8 cm³/mol. The maximum Gasteiger partial charge on any atom is 0.131 e. The summed E-state index contributed by atoms with van der Waals surface area (Å²) in [6, 6.07) is 12.7. The number of halogens is 2. The Morgan fingerprint density at radius 1 is 1.04 bits per heavy atom. The van der Waals surface area contributed by atoms with E-state index in [0.717, 1.165) is 17.7 Å². The standard InChI is InChI=1S/C18H21F2NO2/c19-14-8-9-15(16(20)11-14)18(23)12-21-17(7-4-10-22)13-5-2-1-3-6-13/h1-3,5-6,8-9,11,17-18,21-23H,4,7,10,12H2. The van der Waals surface area contributed by atoms with E-state index in [4.69, 9.17) is 5.11 Å². The first-order valence-electron chi connectivity index (χ1n) is 7.64. The summed E-state index contributed by atoms with van der Waals surface area (Å²) in [7, 11) is 0. The quantitative estimate of drug-likeness (QED) is 0.700. The molecular formula is C18H21F2NO2. The number of rotatable bonds is 8. The van der Waals surface area contributed by atoms with E-state index in [1.165, 1.54) is 6.07 Å². The molecule has 2 aromatic carbocycles. The normalized spacial score (nSPS) is 13.7. The highest BCUT2D eigenvalue weighted by Crippen LogP contribution is 2.21. The highest BCUT2D eigenvalue weighted by molar-refractivity contribution is 5.22. The smallest absolute Gasteiger partial charge is 0.131 e. The SMILES string of the molecule is OCCCC(NCC(O)c1ccc(F)cc1F)c1ccccc1. The van der Waals surface area contributed by atoms with Gasteiger partial charge in [-0.1, -0.05) is 36.4 Å². The topological polar surface area (TPSA) is 52.5 Å². The molecule has 0 aliphatic heterocycles. The molecule has 0 aliphatic carbocycles. The van der Waals surface area contributed by atoms with Gasteiger partial charge in [-0.25, -0.2) is 8.78 Å². The second-order valence-corrected chi connectivity index (χ2v) is 5.42. The zero-order chi connectivity index (χ0) is 16.7. The highest BCUT2D eigenvalue weighted by Gasteiger charge is 2.16. The summed E-state index contributed by atoms with van der Waals surface area (Å²) in [5.74, 6) is -1.43. The summed E-state index contributed by atoms with van der Waals surface area (Å²) in [4.78, 5) is 0. The number of aliphatic hydroxyl groups excluding tert-OH is 2. The van der Waals surface area contributed by atoms with E-state index in [0.29, 0.717) is 12.8 Å². The Morgan fingerprint density at radius 3 is 2.43 bits per heavy atom. The molecule has 0 amide bonds. The monoisotopic (exact) mass is 321 g/mol. The first kappa shape index (κ1) is 17.5. The summed E-state index contributed by atoms with van der Waals surface area (Å²) in [5, 5.41) is 22.3. The average molecular weight is 321 g/mol. The van der Waals surface area contributed by atoms with Gasteiger partial charge in [0.15, 0.2) is 0 Å². The molecule has 2 aromatic rings. The van der Waals surface area contributed by atoms with Crippen molar-refractivity contribution in [3.63, 3.8) is 0 Å². The number of benzene rings is 2. The van der Waals surface area contributed by atoms with Crippen molar-refractivity contribution >= 4 is 0 Å². The molecule has 2 unspecified atom stereocenters. The second-order valence-electron chi connectivity index (χ2n) is 5.42. The first-order chi connectivity index (χ1) is 11.1. The molecule has 0 aromatic heterocycles. The Kier molecular flexibility index (Phi) is 6.65. The Labute approximate surface area is 134 Å². The van der Waals surface area contributed by atoms with Crippen LogP contribution in [0.25, 0.3) is 0 Å². The number of hydrogen-bond donors (Lipinski definition) is 3. The van der Waals surface area contributed by atoms with Gasteiger partial charge in [0.2, 0.25) is 0 Å². The summed E-state index contributed by atoms with van der Waals surface area (Å²) in [6.45, 7) is 0.216. The Balaban J connectivity index is 2.02. The molecule has 0 saturated heterocycles. The van der Waals surface area contributed by atoms with Crippen LogP contribution in [0.2, 0.25) is 0 Å². The van der Waals surface area contributed by atoms with Crippen molar-refractivity contribution in [1.82, 2.24) is 5.32 Å². The summed E-state index contributed by atoms with van der Waals surface area (Å²) in [6.07, 6.45) is 0.239. The third-order valence-corrected chi connectivity index (χ3v) is 3.73. The molecule has 0 fully saturated rings. The van der Waals surface area contributed by atoms with Crippen molar-refractivity contribution in [1.29, 1.82) is 0 Å². The van der Waals surface area contributed by atoms with Gasteiger partial charge in [-0.15, -0.1) is 0 Å². The molecule has 0 spiro atoms. The highest BCUT2D eigenvalue weighted by atomic mass is 19.1. The number of nitrogens with one attached hydrogen (secondary N) is 1. The van der Waals surface area contributed by atoms with E-state index in [-0.39, 0.29) is 24.8 Å². The maximum atomic E-state index is 13.7. The summed E-state index contributed by atoms with van der Waals surface area (Å²) >= 11 is 0. The van der Waals surface area contributed by atoms with Crippen LogP contribution in [-0.4, -0.2) is 23.4 Å². The lowest BCUT2D eigenvalue weighted by Gasteiger charge is -2.21. The molecule has 0 aliphatic rings. The van der Waals surface area contributed by atoms with E-state index in [1.54, 1.807) is 0 Å². The summed E-state index contributed by atoms with van der Waals surface area (Å²) in [5.41, 5.74) is 1.10. The lowest BCUT2D eigenvalue weighted by molar-refractivity contribution is 0.163. The van der Waals surface area contributed by atoms with Crippen molar-refractivity contribution in [2.45, 2.75) is 25.0 Å². The molecule has 0 bridgehead atoms. The van der Waals surface area contributed by atoms with Crippen molar-refractivity contribution in [2.75, 3.05) is 13.2 Å². The first-order valence-corrected chi connectivity index (χ1v) is 7.64. The van der Waals surface area contributed by atoms with Gasteiger partial charge in [-0.05, 0) is 24.5 Å². The van der Waals surface area contributed by atoms with Crippen LogP contribution in [0.4, 0.5) is 8.78 Å². The molecule has 3 nitrogen and oxygen atoms in total. The van der Waals surface area contributed by atoms with Gasteiger partial charge in [-0.3, -0.25) is 0 Å². The number of hydrogen-bond acceptors (Lipinski definition) is 3. The Bertz CT molecular complexity index is 607. The zero-order valence-corrected chi connectivity index (χ0v) is 12.8. The van der Waals surface area contributed by atoms with Gasteiger partial charge in [0.1, 0.15) is 11.6 Å². The third-order valence-electron chi connectivity index (χ3n) is 3.73. The van der Waals surface area contributed by atoms with Crippen LogP contribution in [0.5, 0.6) is 0 Å². The molecule has 3 N–H and O–H groups in total. The Hall–Kier alpha value is -1.82. The van der Waals surface area contributed by atoms with Crippen LogP contribution in [0.15, 0.2) is 48.5 Å². The minimum atomic E-state index is -1.07. The van der Waals surface area contributed by atoms with Gasteiger partial charge in [0.25, 0.3) is 0 Å². The lowest BCUT2D eigenvalue weighted by Crippen LogP contribution is -2.27. The van der Waals surface area contributed by atoms with Crippen molar-refractivity contribution in [3.8, 4) is 0 Å². The van der Waals surface area contributed by atoms with E-state index >= 15 is 0 Å². The van der Waals surface area contributed by atoms with Gasteiger partial charge in [-0.2, -0.15) is 0 Å². The van der Waals surface area contributed by atoms with E-state index in [2.05, 4.69) is 5.32 Å². The van der Waals surface area contributed by atoms with Gasteiger partial charge < -0.3 is 15.5 Å². The average Bonchev–Trinajstić information content (AvgIpc) is 2.55. The largest absolute Gasteiger partial charge is 0.396 e. The molecule has 0 radical (unpaired) electrons. The van der Waals surface area contributed by atoms with Gasteiger partial charge in [0.05, 0.1) is 6.10 Å². The molecule has 5 heteroatoms. The second kappa shape index (κ2) is 8.72. The van der Waals surface area contributed by atoms with Crippen LogP contribution in [0, 0.1) is 11.6 Å². The van der Waals surface area contributed by atoms with Crippen LogP contribution in [0.1, 0.15) is 36.1 Å². The zero-order valence-electron chi connectivity index (χ0n) is 12.8. The van der Waals surface area contributed by atoms with Crippen LogP contribution in [0.3, 0.4) is 0 Å². The van der Waals surface area contributed by atoms with Crippen molar-refractivity contribution < 1.29 is 19.0 Å². The Morgan fingerprint density at radius 2 is 1.78 bits per heavy atom. The van der Waals surface area contributed by atoms with Crippen LogP contribution in [-0.2, 0) is 0 Å². The molecule has 2 rings (SSSR count). The molecular weight excluding hydrogens is 300 g/mol. The van der Waals surface area contributed by atoms with E-state index < -0.39 is 17.7 Å². The molecule has 124 valence electrons. The predicted octanol–water partition coefficient (Wildman–Crippen LogP) is 3.10. The number of aliphatic hydroxyl groups is 2. The van der Waals surface area contributed by atoms with E-state index in [1.807, 2.05) is 30.3 Å². The molecule has 0 heterocycles. The maximum absolute atomic E-state index is 13.7. The van der Waals surface area contributed by atoms with Crippen molar-refractivity contribution in [2.24, 2.45) is 0 Å². The van der Waals surface area contributed by atoms with Crippen LogP contribution >= 0.6 is 0 Å². The fourth-order valence-corrected chi connectivity index (χ4v) is 2.50. The molecule has 0 saturated carbocycles. The third kappa shape index (κ3) is 5.10.